The molecule has 118 valence electrons. The zero-order valence-electron chi connectivity index (χ0n) is 13.1. The summed E-state index contributed by atoms with van der Waals surface area (Å²) in [6.07, 6.45) is 2.69. The second kappa shape index (κ2) is 7.02. The fourth-order valence-electron chi connectivity index (χ4n) is 2.18. The molecule has 2 aromatic heterocycles. The summed E-state index contributed by atoms with van der Waals surface area (Å²) in [5.74, 6) is -0.292. The summed E-state index contributed by atoms with van der Waals surface area (Å²) in [5.41, 5.74) is 2.05. The molecule has 0 radical (unpaired) electrons. The molecule has 0 saturated heterocycles. The highest BCUT2D eigenvalue weighted by molar-refractivity contribution is 5.97. The maximum Gasteiger partial charge on any atom is 0.252 e. The van der Waals surface area contributed by atoms with Crippen molar-refractivity contribution in [3.05, 3.63) is 23.5 Å². The minimum absolute atomic E-state index is 0.0566. The van der Waals surface area contributed by atoms with Gasteiger partial charge in [0.25, 0.3) is 5.91 Å². The predicted octanol–water partition coefficient (Wildman–Crippen LogP) is 0.923. The molecule has 2 heterocycles. The SMILES string of the molecule is CCCNC(=O)CCNC(=O)c1cnc2c(c1)c(C)nn2C. The maximum atomic E-state index is 12.1. The van der Waals surface area contributed by atoms with Gasteiger partial charge in [0.1, 0.15) is 0 Å². The Kier molecular flexibility index (Phi) is 5.08. The fourth-order valence-corrected chi connectivity index (χ4v) is 2.18. The van der Waals surface area contributed by atoms with Crippen LogP contribution in [0, 0.1) is 6.92 Å². The van der Waals surface area contributed by atoms with Crippen molar-refractivity contribution < 1.29 is 9.59 Å². The summed E-state index contributed by atoms with van der Waals surface area (Å²) >= 11 is 0. The molecule has 2 amide bonds. The smallest absolute Gasteiger partial charge is 0.252 e. The zero-order chi connectivity index (χ0) is 16.1. The van der Waals surface area contributed by atoms with Gasteiger partial charge in [-0.25, -0.2) is 4.98 Å². The van der Waals surface area contributed by atoms with Crippen LogP contribution in [-0.4, -0.2) is 39.7 Å². The van der Waals surface area contributed by atoms with Crippen LogP contribution in [0.4, 0.5) is 0 Å². The van der Waals surface area contributed by atoms with E-state index in [9.17, 15) is 9.59 Å². The van der Waals surface area contributed by atoms with E-state index in [0.717, 1.165) is 23.1 Å². The highest BCUT2D eigenvalue weighted by Crippen LogP contribution is 2.16. The number of nitrogens with one attached hydrogen (secondary N) is 2. The van der Waals surface area contributed by atoms with Crippen LogP contribution in [-0.2, 0) is 11.8 Å². The van der Waals surface area contributed by atoms with Crippen molar-refractivity contribution in [3.8, 4) is 0 Å². The highest BCUT2D eigenvalue weighted by atomic mass is 16.2. The Morgan fingerprint density at radius 3 is 2.77 bits per heavy atom. The minimum atomic E-state index is -0.235. The Bertz CT molecular complexity index is 693. The monoisotopic (exact) mass is 303 g/mol. The molecule has 0 saturated carbocycles. The van der Waals surface area contributed by atoms with Gasteiger partial charge in [0, 0.05) is 38.1 Å². The number of carbonyl (C=O) groups is 2. The first-order chi connectivity index (χ1) is 10.5. The third kappa shape index (κ3) is 3.60. The fraction of sp³-hybridized carbons (Fsp3) is 0.467. The van der Waals surface area contributed by atoms with Gasteiger partial charge in [0.15, 0.2) is 5.65 Å². The quantitative estimate of drug-likeness (QED) is 0.830. The van der Waals surface area contributed by atoms with Gasteiger partial charge in [-0.15, -0.1) is 0 Å². The van der Waals surface area contributed by atoms with E-state index in [1.807, 2.05) is 20.9 Å². The largest absolute Gasteiger partial charge is 0.356 e. The Labute approximate surface area is 129 Å². The Hall–Kier alpha value is -2.44. The first-order valence-electron chi connectivity index (χ1n) is 7.37. The van der Waals surface area contributed by atoms with E-state index in [1.165, 1.54) is 6.20 Å². The van der Waals surface area contributed by atoms with E-state index in [0.29, 0.717) is 18.7 Å². The molecular weight excluding hydrogens is 282 g/mol. The lowest BCUT2D eigenvalue weighted by Gasteiger charge is -2.06. The molecule has 0 aromatic carbocycles. The molecule has 0 fully saturated rings. The van der Waals surface area contributed by atoms with E-state index in [2.05, 4.69) is 20.7 Å². The third-order valence-corrected chi connectivity index (χ3v) is 3.33. The average Bonchev–Trinajstić information content (AvgIpc) is 2.79. The lowest BCUT2D eigenvalue weighted by Crippen LogP contribution is -2.31. The average molecular weight is 303 g/mol. The van der Waals surface area contributed by atoms with Gasteiger partial charge in [-0.2, -0.15) is 5.10 Å². The molecule has 22 heavy (non-hydrogen) atoms. The van der Waals surface area contributed by atoms with E-state index >= 15 is 0 Å². The molecule has 2 N–H and O–H groups in total. The molecule has 0 spiro atoms. The van der Waals surface area contributed by atoms with Gasteiger partial charge >= 0.3 is 0 Å². The molecule has 0 unspecified atom stereocenters. The van der Waals surface area contributed by atoms with Crippen LogP contribution >= 0.6 is 0 Å². The number of amides is 2. The van der Waals surface area contributed by atoms with Gasteiger partial charge in [0.05, 0.1) is 11.3 Å². The van der Waals surface area contributed by atoms with E-state index in [4.69, 9.17) is 0 Å². The number of hydrogen-bond acceptors (Lipinski definition) is 4. The summed E-state index contributed by atoms with van der Waals surface area (Å²) in [5, 5.41) is 10.6. The molecule has 0 atom stereocenters. The van der Waals surface area contributed by atoms with Gasteiger partial charge in [-0.1, -0.05) is 6.92 Å². The second-order valence-electron chi connectivity index (χ2n) is 5.16. The maximum absolute atomic E-state index is 12.1. The van der Waals surface area contributed by atoms with E-state index in [1.54, 1.807) is 10.7 Å². The summed E-state index contributed by atoms with van der Waals surface area (Å²) in [6.45, 7) is 4.83. The van der Waals surface area contributed by atoms with Gasteiger partial charge in [0.2, 0.25) is 5.91 Å². The van der Waals surface area contributed by atoms with Crippen LogP contribution in [0.2, 0.25) is 0 Å². The van der Waals surface area contributed by atoms with Crippen LogP contribution in [0.1, 0.15) is 35.8 Å². The predicted molar refractivity (Wildman–Crippen MR) is 83.5 cm³/mol. The molecule has 0 aliphatic heterocycles. The van der Waals surface area contributed by atoms with E-state index in [-0.39, 0.29) is 18.2 Å². The number of hydrogen-bond donors (Lipinski definition) is 2. The molecule has 7 nitrogen and oxygen atoms in total. The number of pyridine rings is 1. The summed E-state index contributed by atoms with van der Waals surface area (Å²) < 4.78 is 1.68. The summed E-state index contributed by atoms with van der Waals surface area (Å²) in [6, 6.07) is 1.77. The van der Waals surface area contributed by atoms with Crippen molar-refractivity contribution in [1.29, 1.82) is 0 Å². The summed E-state index contributed by atoms with van der Waals surface area (Å²) in [7, 11) is 1.82. The second-order valence-corrected chi connectivity index (χ2v) is 5.16. The highest BCUT2D eigenvalue weighted by Gasteiger charge is 2.11. The number of rotatable bonds is 6. The molecule has 0 aliphatic rings. The van der Waals surface area contributed by atoms with Crippen molar-refractivity contribution in [3.63, 3.8) is 0 Å². The lowest BCUT2D eigenvalue weighted by molar-refractivity contribution is -0.120. The number of fused-ring (bicyclic) bond motifs is 1. The number of aryl methyl sites for hydroxylation is 2. The topological polar surface area (TPSA) is 88.9 Å². The van der Waals surface area contributed by atoms with Crippen LogP contribution in [0.15, 0.2) is 12.3 Å². The van der Waals surface area contributed by atoms with Crippen molar-refractivity contribution in [2.24, 2.45) is 7.05 Å². The van der Waals surface area contributed by atoms with Crippen molar-refractivity contribution in [1.82, 2.24) is 25.4 Å². The van der Waals surface area contributed by atoms with Gasteiger partial charge < -0.3 is 10.6 Å². The van der Waals surface area contributed by atoms with Crippen LogP contribution in [0.3, 0.4) is 0 Å². The van der Waals surface area contributed by atoms with Gasteiger partial charge in [-0.3, -0.25) is 14.3 Å². The summed E-state index contributed by atoms with van der Waals surface area (Å²) in [4.78, 5) is 27.8. The van der Waals surface area contributed by atoms with Crippen molar-refractivity contribution in [2.75, 3.05) is 13.1 Å². The molecule has 2 rings (SSSR count). The third-order valence-electron chi connectivity index (χ3n) is 3.33. The number of carbonyl (C=O) groups excluding carboxylic acids is 2. The first-order valence-corrected chi connectivity index (χ1v) is 7.37. The van der Waals surface area contributed by atoms with Crippen LogP contribution in [0.5, 0.6) is 0 Å². The number of aromatic nitrogens is 3. The first kappa shape index (κ1) is 15.9. The standard InChI is InChI=1S/C15H21N5O2/c1-4-6-16-13(21)5-7-17-15(22)11-8-12-10(2)19-20(3)14(12)18-9-11/h8-9H,4-7H2,1-3H3,(H,16,21)(H,17,22). The minimum Gasteiger partial charge on any atom is -0.356 e. The Balaban J connectivity index is 1.95. The Morgan fingerprint density at radius 1 is 1.27 bits per heavy atom. The number of nitrogens with zero attached hydrogens (tertiary/aromatic N) is 3. The van der Waals surface area contributed by atoms with Gasteiger partial charge in [-0.05, 0) is 19.4 Å². The Morgan fingerprint density at radius 2 is 2.05 bits per heavy atom. The molecule has 0 bridgehead atoms. The molecule has 7 heteroatoms. The normalized spacial score (nSPS) is 10.7. The lowest BCUT2D eigenvalue weighted by atomic mass is 10.2. The van der Waals surface area contributed by atoms with Crippen LogP contribution < -0.4 is 10.6 Å². The molecule has 2 aromatic rings. The van der Waals surface area contributed by atoms with Crippen molar-refractivity contribution in [2.45, 2.75) is 26.7 Å². The zero-order valence-corrected chi connectivity index (χ0v) is 13.1. The van der Waals surface area contributed by atoms with Crippen molar-refractivity contribution >= 4 is 22.8 Å². The molecule has 0 aliphatic carbocycles. The molecular formula is C15H21N5O2. The van der Waals surface area contributed by atoms with E-state index < -0.39 is 0 Å². The van der Waals surface area contributed by atoms with Crippen LogP contribution in [0.25, 0.3) is 11.0 Å².